The van der Waals surface area contributed by atoms with Gasteiger partial charge in [-0.3, -0.25) is 0 Å². The molecule has 0 bridgehead atoms. The molecule has 1 fully saturated rings. The summed E-state index contributed by atoms with van der Waals surface area (Å²) in [5.41, 5.74) is -2.57. The van der Waals surface area contributed by atoms with Crippen LogP contribution in [0.15, 0.2) is 16.4 Å². The normalized spacial score (nSPS) is 21.0. The van der Waals surface area contributed by atoms with Gasteiger partial charge in [-0.25, -0.2) is 13.8 Å². The van der Waals surface area contributed by atoms with Gasteiger partial charge in [0.05, 0.1) is 11.2 Å². The summed E-state index contributed by atoms with van der Waals surface area (Å²) in [7, 11) is -1.27. The van der Waals surface area contributed by atoms with Gasteiger partial charge in [0.1, 0.15) is 5.73 Å². The van der Waals surface area contributed by atoms with Crippen LogP contribution in [0, 0.1) is 11.8 Å². The average molecular weight is 364 g/mol. The van der Waals surface area contributed by atoms with Gasteiger partial charge in [-0.1, -0.05) is 0 Å². The van der Waals surface area contributed by atoms with Gasteiger partial charge in [0.25, 0.3) is 0 Å². The van der Waals surface area contributed by atoms with Crippen LogP contribution in [0.4, 0.5) is 13.2 Å². The van der Waals surface area contributed by atoms with Crippen molar-refractivity contribution < 1.29 is 22.5 Å². The van der Waals surface area contributed by atoms with Crippen molar-refractivity contribution >= 4 is 29.1 Å². The highest BCUT2D eigenvalue weighted by Gasteiger charge is 2.53. The Balaban J connectivity index is 2.34. The first kappa shape index (κ1) is 16.5. The molecule has 1 aromatic rings. The maximum Gasteiger partial charge on any atom is 0.525 e. The van der Waals surface area contributed by atoms with E-state index in [0.717, 1.165) is 12.3 Å². The molecule has 0 spiro atoms. The zero-order chi connectivity index (χ0) is 16.0. The molecule has 0 atom stereocenters. The van der Waals surface area contributed by atoms with Crippen LogP contribution in [0.3, 0.4) is 0 Å². The minimum atomic E-state index is -1.30. The number of pyridine rings is 1. The monoisotopic (exact) mass is 363 g/mol. The maximum absolute atomic E-state index is 14.3. The summed E-state index contributed by atoms with van der Waals surface area (Å²) in [4.78, 5) is 3.19. The Morgan fingerprint density at radius 3 is 2.29 bits per heavy atom. The molecule has 0 unspecified atom stereocenters. The summed E-state index contributed by atoms with van der Waals surface area (Å²) in [6.45, 7) is 7.07. The molecular formula is C13H14BBrF3NO2. The summed E-state index contributed by atoms with van der Waals surface area (Å²) < 4.78 is 52.1. The molecule has 1 aliphatic heterocycles. The average Bonchev–Trinajstić information content (AvgIpc) is 2.59. The Labute approximate surface area is 129 Å². The summed E-state index contributed by atoms with van der Waals surface area (Å²) in [5.74, 6) is -2.54. The lowest BCUT2D eigenvalue weighted by atomic mass is 9.87. The third-order valence-electron chi connectivity index (χ3n) is 3.73. The summed E-state index contributed by atoms with van der Waals surface area (Å²) in [6.07, 6.45) is 1.90. The van der Waals surface area contributed by atoms with Gasteiger partial charge in [-0.2, -0.15) is 4.39 Å². The standard InChI is InChI=1S/C13H14BBrF3NO2/c1-12(2)13(3,4)21-14(20-12)9(16)5-7-8(15)6-19-11(18)10(7)17/h5-6H,1-4H3. The Morgan fingerprint density at radius 2 is 1.76 bits per heavy atom. The molecule has 3 nitrogen and oxygen atoms in total. The molecule has 1 saturated heterocycles. The number of hydrogen-bond donors (Lipinski definition) is 0. The van der Waals surface area contributed by atoms with Crippen LogP contribution in [0.25, 0.3) is 6.08 Å². The molecule has 21 heavy (non-hydrogen) atoms. The van der Waals surface area contributed by atoms with Crippen molar-refractivity contribution in [2.24, 2.45) is 0 Å². The summed E-state index contributed by atoms with van der Waals surface area (Å²) in [5, 5.41) is 0. The van der Waals surface area contributed by atoms with Crippen molar-refractivity contribution in [2.45, 2.75) is 38.9 Å². The quantitative estimate of drug-likeness (QED) is 0.586. The molecule has 8 heteroatoms. The fraction of sp³-hybridized carbons (Fsp3) is 0.462. The van der Waals surface area contributed by atoms with Gasteiger partial charge < -0.3 is 9.31 Å². The van der Waals surface area contributed by atoms with Crippen molar-refractivity contribution in [3.05, 3.63) is 33.7 Å². The van der Waals surface area contributed by atoms with Crippen molar-refractivity contribution in [1.29, 1.82) is 0 Å². The molecule has 0 aromatic carbocycles. The Kier molecular flexibility index (Phi) is 4.25. The first-order chi connectivity index (χ1) is 9.55. The highest BCUT2D eigenvalue weighted by atomic mass is 79.9. The van der Waals surface area contributed by atoms with Crippen molar-refractivity contribution in [2.75, 3.05) is 0 Å². The Hall–Kier alpha value is -0.855. The van der Waals surface area contributed by atoms with Gasteiger partial charge in [-0.15, -0.1) is 0 Å². The van der Waals surface area contributed by atoms with Gasteiger partial charge in [0, 0.05) is 16.2 Å². The van der Waals surface area contributed by atoms with Gasteiger partial charge in [0.15, 0.2) is 5.82 Å². The fourth-order valence-corrected chi connectivity index (χ4v) is 2.14. The SMILES string of the molecule is CC1(C)OB(C(F)=Cc2c(Br)cnc(F)c2F)OC1(C)C. The Morgan fingerprint density at radius 1 is 1.24 bits per heavy atom. The highest BCUT2D eigenvalue weighted by Crippen LogP contribution is 2.39. The van der Waals surface area contributed by atoms with Crippen LogP contribution in [0.5, 0.6) is 0 Å². The molecule has 1 aromatic heterocycles. The first-order valence-electron chi connectivity index (χ1n) is 6.27. The topological polar surface area (TPSA) is 31.4 Å². The van der Waals surface area contributed by atoms with Gasteiger partial charge in [0.2, 0.25) is 5.95 Å². The second-order valence-corrected chi connectivity index (χ2v) is 6.60. The van der Waals surface area contributed by atoms with Crippen LogP contribution in [-0.4, -0.2) is 23.3 Å². The van der Waals surface area contributed by atoms with E-state index in [0.29, 0.717) is 0 Å². The zero-order valence-electron chi connectivity index (χ0n) is 12.0. The lowest BCUT2D eigenvalue weighted by Gasteiger charge is -2.32. The first-order valence-corrected chi connectivity index (χ1v) is 7.07. The van der Waals surface area contributed by atoms with Crippen molar-refractivity contribution in [1.82, 2.24) is 4.98 Å². The second kappa shape index (κ2) is 5.41. The van der Waals surface area contributed by atoms with Gasteiger partial charge in [-0.05, 0) is 49.7 Å². The molecule has 0 radical (unpaired) electrons. The fourth-order valence-electron chi connectivity index (χ4n) is 1.75. The molecule has 2 rings (SSSR count). The van der Waals surface area contributed by atoms with E-state index >= 15 is 0 Å². The molecule has 0 amide bonds. The Bertz CT molecular complexity index is 591. The maximum atomic E-state index is 14.3. The molecule has 0 aliphatic carbocycles. The van der Waals surface area contributed by atoms with Crippen molar-refractivity contribution in [3.8, 4) is 0 Å². The van der Waals surface area contributed by atoms with Crippen LogP contribution in [-0.2, 0) is 9.31 Å². The molecule has 2 heterocycles. The summed E-state index contributed by atoms with van der Waals surface area (Å²) in [6, 6.07) is 0. The number of halogens is 4. The third kappa shape index (κ3) is 3.02. The molecule has 0 N–H and O–H groups in total. The molecule has 0 saturated carbocycles. The second-order valence-electron chi connectivity index (χ2n) is 5.74. The van der Waals surface area contributed by atoms with Crippen LogP contribution in [0.2, 0.25) is 0 Å². The number of hydrogen-bond acceptors (Lipinski definition) is 3. The molecule has 114 valence electrons. The molecule has 1 aliphatic rings. The van der Waals surface area contributed by atoms with E-state index in [-0.39, 0.29) is 10.0 Å². The minimum Gasteiger partial charge on any atom is -0.398 e. The van der Waals surface area contributed by atoms with E-state index in [1.54, 1.807) is 27.7 Å². The lowest BCUT2D eigenvalue weighted by molar-refractivity contribution is 0.00578. The van der Waals surface area contributed by atoms with E-state index < -0.39 is 35.8 Å². The van der Waals surface area contributed by atoms with E-state index in [4.69, 9.17) is 9.31 Å². The highest BCUT2D eigenvalue weighted by molar-refractivity contribution is 9.10. The number of aromatic nitrogens is 1. The summed E-state index contributed by atoms with van der Waals surface area (Å²) >= 11 is 3.00. The molecular weight excluding hydrogens is 350 g/mol. The van der Waals surface area contributed by atoms with Gasteiger partial charge >= 0.3 is 7.12 Å². The number of nitrogens with zero attached hydrogens (tertiary/aromatic N) is 1. The van der Waals surface area contributed by atoms with Crippen LogP contribution >= 0.6 is 15.9 Å². The predicted molar refractivity (Wildman–Crippen MR) is 77.0 cm³/mol. The van der Waals surface area contributed by atoms with E-state index in [2.05, 4.69) is 20.9 Å². The predicted octanol–water partition coefficient (Wildman–Crippen LogP) is 4.06. The van der Waals surface area contributed by atoms with E-state index in [9.17, 15) is 13.2 Å². The van der Waals surface area contributed by atoms with Crippen molar-refractivity contribution in [3.63, 3.8) is 0 Å². The zero-order valence-corrected chi connectivity index (χ0v) is 13.6. The van der Waals surface area contributed by atoms with E-state index in [1.807, 2.05) is 0 Å². The lowest BCUT2D eigenvalue weighted by Crippen LogP contribution is -2.41. The smallest absolute Gasteiger partial charge is 0.398 e. The van der Waals surface area contributed by atoms with Crippen LogP contribution in [0.1, 0.15) is 33.3 Å². The minimum absolute atomic E-state index is 0.132. The van der Waals surface area contributed by atoms with Crippen LogP contribution < -0.4 is 0 Å². The number of rotatable bonds is 2. The third-order valence-corrected chi connectivity index (χ3v) is 4.36. The van der Waals surface area contributed by atoms with E-state index in [1.165, 1.54) is 0 Å². The largest absolute Gasteiger partial charge is 0.525 e.